The van der Waals surface area contributed by atoms with Crippen molar-refractivity contribution in [3.8, 4) is 0 Å². The molecule has 0 aliphatic carbocycles. The summed E-state index contributed by atoms with van der Waals surface area (Å²) in [7, 11) is 0. The van der Waals surface area contributed by atoms with Gasteiger partial charge in [0.25, 0.3) is 0 Å². The number of unbranched alkanes of at least 4 members (excludes halogenated alkanes) is 2. The van der Waals surface area contributed by atoms with E-state index in [1.165, 1.54) is 70.1 Å². The second kappa shape index (κ2) is 9.09. The summed E-state index contributed by atoms with van der Waals surface area (Å²) in [6.07, 6.45) is 8.67. The fraction of sp³-hybridized carbons (Fsp3) is 1.00. The normalized spacial score (nSPS) is 13.5. The first-order valence-electron chi connectivity index (χ1n) is 5.35. The van der Waals surface area contributed by atoms with Gasteiger partial charge in [0, 0.05) is 0 Å². The molecule has 0 amide bonds. The fourth-order valence-corrected chi connectivity index (χ4v) is 2.46. The van der Waals surface area contributed by atoms with Crippen molar-refractivity contribution < 1.29 is 0 Å². The van der Waals surface area contributed by atoms with Crippen LogP contribution < -0.4 is 0 Å². The Morgan fingerprint density at radius 3 is 2.18 bits per heavy atom. The monoisotopic (exact) mass is 164 g/mol. The molecular formula is C10H21Na. The molecule has 1 atom stereocenters. The second-order valence-corrected chi connectivity index (χ2v) is 4.38. The predicted octanol–water partition coefficient (Wildman–Crippen LogP) is 3.57. The summed E-state index contributed by atoms with van der Waals surface area (Å²) in [6.45, 7) is 4.60. The Morgan fingerprint density at radius 1 is 1.00 bits per heavy atom. The van der Waals surface area contributed by atoms with E-state index in [0.29, 0.717) is 0 Å². The van der Waals surface area contributed by atoms with Gasteiger partial charge in [-0.1, -0.05) is 0 Å². The van der Waals surface area contributed by atoms with Crippen molar-refractivity contribution in [2.45, 2.75) is 56.0 Å². The van der Waals surface area contributed by atoms with Crippen molar-refractivity contribution in [2.24, 2.45) is 5.92 Å². The van der Waals surface area contributed by atoms with Crippen LogP contribution in [-0.4, -0.2) is 27.9 Å². The van der Waals surface area contributed by atoms with Crippen molar-refractivity contribution >= 4 is 27.9 Å². The van der Waals surface area contributed by atoms with Crippen LogP contribution in [0.4, 0.5) is 0 Å². The number of hydrogen-bond donors (Lipinski definition) is 0. The van der Waals surface area contributed by atoms with E-state index in [4.69, 9.17) is 0 Å². The van der Waals surface area contributed by atoms with Gasteiger partial charge in [-0.15, -0.1) is 0 Å². The Morgan fingerprint density at radius 2 is 1.73 bits per heavy atom. The van der Waals surface area contributed by atoms with E-state index in [9.17, 15) is 0 Å². The Hall–Kier alpha value is 1.00. The van der Waals surface area contributed by atoms with Gasteiger partial charge in [-0.2, -0.15) is 0 Å². The molecule has 62 valence electrons. The topological polar surface area (TPSA) is 0 Å². The first kappa shape index (κ1) is 12.0. The van der Waals surface area contributed by atoms with Crippen LogP contribution in [-0.2, 0) is 0 Å². The zero-order valence-corrected chi connectivity index (χ0v) is 10.5. The molecule has 0 saturated heterocycles. The van der Waals surface area contributed by atoms with Gasteiger partial charge >= 0.3 is 89.9 Å². The van der Waals surface area contributed by atoms with Crippen LogP contribution in [0.3, 0.4) is 0 Å². The van der Waals surface area contributed by atoms with Crippen LogP contribution in [0.2, 0.25) is 3.67 Å². The van der Waals surface area contributed by atoms with Gasteiger partial charge in [-0.25, -0.2) is 0 Å². The molecule has 0 N–H and O–H groups in total. The molecule has 0 fully saturated rings. The molecule has 0 aromatic rings. The van der Waals surface area contributed by atoms with Gasteiger partial charge < -0.3 is 0 Å². The summed E-state index contributed by atoms with van der Waals surface area (Å²) in [4.78, 5) is 0. The summed E-state index contributed by atoms with van der Waals surface area (Å²) >= 11 is 1.40. The molecule has 1 unspecified atom stereocenters. The molecule has 0 spiro atoms. The Kier molecular flexibility index (Phi) is 9.92. The van der Waals surface area contributed by atoms with Gasteiger partial charge in [0.05, 0.1) is 0 Å². The zero-order valence-electron chi connectivity index (χ0n) is 8.53. The Balaban J connectivity index is 3.20. The maximum absolute atomic E-state index is 2.31. The third-order valence-corrected chi connectivity index (χ3v) is 3.64. The van der Waals surface area contributed by atoms with E-state index in [1.807, 2.05) is 0 Å². The molecule has 1 heteroatoms. The van der Waals surface area contributed by atoms with E-state index in [-0.39, 0.29) is 0 Å². The first-order chi connectivity index (χ1) is 5.35. The van der Waals surface area contributed by atoms with Gasteiger partial charge in [0.2, 0.25) is 0 Å². The molecule has 0 radical (unpaired) electrons. The second-order valence-electron chi connectivity index (χ2n) is 3.56. The molecule has 0 aromatic carbocycles. The third-order valence-electron chi connectivity index (χ3n) is 2.49. The molecule has 0 heterocycles. The standard InChI is InChI=1S/C10H21.Na/c1-4-6-7-9-10(3)8-5-2;/h10H,3-9H2,1-2H3;. The van der Waals surface area contributed by atoms with Gasteiger partial charge in [-0.05, 0) is 0 Å². The molecular weight excluding hydrogens is 143 g/mol. The van der Waals surface area contributed by atoms with Crippen LogP contribution >= 0.6 is 0 Å². The SMILES string of the molecule is CCCCCC([CH2][Na])CCC. The van der Waals surface area contributed by atoms with Gasteiger partial charge in [0.1, 0.15) is 0 Å². The van der Waals surface area contributed by atoms with Crippen molar-refractivity contribution in [1.29, 1.82) is 0 Å². The number of rotatable bonds is 7. The average Bonchev–Trinajstić information content (AvgIpc) is 2.03. The summed E-state index contributed by atoms with van der Waals surface area (Å²) in [5.41, 5.74) is 0. The Labute approximate surface area is 89.6 Å². The fourth-order valence-electron chi connectivity index (χ4n) is 1.64. The summed E-state index contributed by atoms with van der Waals surface area (Å²) < 4.78 is 1.53. The zero-order chi connectivity index (χ0) is 8.53. The van der Waals surface area contributed by atoms with E-state index < -0.39 is 0 Å². The van der Waals surface area contributed by atoms with Crippen molar-refractivity contribution in [3.05, 3.63) is 0 Å². The van der Waals surface area contributed by atoms with E-state index in [2.05, 4.69) is 13.8 Å². The maximum atomic E-state index is 2.31. The van der Waals surface area contributed by atoms with E-state index >= 15 is 0 Å². The van der Waals surface area contributed by atoms with Gasteiger partial charge in [-0.3, -0.25) is 0 Å². The van der Waals surface area contributed by atoms with Crippen LogP contribution in [0.5, 0.6) is 0 Å². The summed E-state index contributed by atoms with van der Waals surface area (Å²) in [6, 6.07) is 0. The van der Waals surface area contributed by atoms with Crippen LogP contribution in [0, 0.1) is 5.92 Å². The van der Waals surface area contributed by atoms with Gasteiger partial charge in [0.15, 0.2) is 0 Å². The quantitative estimate of drug-likeness (QED) is 0.398. The molecule has 0 saturated carbocycles. The van der Waals surface area contributed by atoms with Crippen LogP contribution in [0.1, 0.15) is 52.4 Å². The molecule has 11 heavy (non-hydrogen) atoms. The molecule has 0 aliphatic rings. The molecule has 0 bridgehead atoms. The molecule has 0 aromatic heterocycles. The Bertz CT molecular complexity index is 71.3. The summed E-state index contributed by atoms with van der Waals surface area (Å²) in [5, 5.41) is 0. The molecule has 0 rings (SSSR count). The third kappa shape index (κ3) is 7.36. The minimum atomic E-state index is 1.08. The summed E-state index contributed by atoms with van der Waals surface area (Å²) in [5.74, 6) is 1.08. The van der Waals surface area contributed by atoms with Crippen molar-refractivity contribution in [1.82, 2.24) is 0 Å². The number of hydrogen-bond acceptors (Lipinski definition) is 0. The molecule has 0 aliphatic heterocycles. The first-order valence-corrected chi connectivity index (χ1v) is 6.76. The van der Waals surface area contributed by atoms with Crippen LogP contribution in [0.15, 0.2) is 0 Å². The van der Waals surface area contributed by atoms with Crippen molar-refractivity contribution in [2.75, 3.05) is 0 Å². The van der Waals surface area contributed by atoms with E-state index in [0.717, 1.165) is 5.92 Å². The van der Waals surface area contributed by atoms with E-state index in [1.54, 1.807) is 0 Å². The van der Waals surface area contributed by atoms with Crippen molar-refractivity contribution in [3.63, 3.8) is 0 Å². The minimum absolute atomic E-state index is 1.08. The molecule has 0 nitrogen and oxygen atoms in total. The average molecular weight is 164 g/mol. The van der Waals surface area contributed by atoms with Crippen LogP contribution in [0.25, 0.3) is 0 Å². The predicted molar refractivity (Wildman–Crippen MR) is 53.1 cm³/mol.